The molecule has 4 rings (SSSR count). The summed E-state index contributed by atoms with van der Waals surface area (Å²) in [5, 5.41) is 2.89. The van der Waals surface area contributed by atoms with Gasteiger partial charge in [-0.1, -0.05) is 12.5 Å². The third-order valence-electron chi connectivity index (χ3n) is 6.45. The van der Waals surface area contributed by atoms with Crippen LogP contribution >= 0.6 is 0 Å². The smallest absolute Gasteiger partial charge is 0.255 e. The van der Waals surface area contributed by atoms with E-state index < -0.39 is 10.0 Å². The lowest BCUT2D eigenvalue weighted by molar-refractivity contribution is 0.102. The van der Waals surface area contributed by atoms with Crippen molar-refractivity contribution in [3.8, 4) is 5.75 Å². The van der Waals surface area contributed by atoms with Crippen molar-refractivity contribution in [3.05, 3.63) is 47.5 Å². The second-order valence-electron chi connectivity index (χ2n) is 8.85. The number of amides is 1. The fourth-order valence-corrected chi connectivity index (χ4v) is 6.37. The molecule has 0 atom stereocenters. The van der Waals surface area contributed by atoms with Gasteiger partial charge in [0.25, 0.3) is 5.91 Å². The molecule has 2 heterocycles. The predicted molar refractivity (Wildman–Crippen MR) is 131 cm³/mol. The molecule has 1 N–H and O–H groups in total. The van der Waals surface area contributed by atoms with E-state index in [2.05, 4.69) is 10.2 Å². The first kappa shape index (κ1) is 23.6. The number of aryl methyl sites for hydroxylation is 1. The summed E-state index contributed by atoms with van der Waals surface area (Å²) in [6.45, 7) is 4.65. The maximum atomic E-state index is 13.7. The number of hydrogen-bond donors (Lipinski definition) is 1. The number of anilines is 2. The number of sulfonamides is 1. The van der Waals surface area contributed by atoms with E-state index in [-0.39, 0.29) is 10.8 Å². The first-order valence-corrected chi connectivity index (χ1v) is 13.2. The van der Waals surface area contributed by atoms with Crippen LogP contribution in [-0.2, 0) is 10.0 Å². The van der Waals surface area contributed by atoms with E-state index in [1.54, 1.807) is 35.7 Å². The molecule has 0 spiro atoms. The van der Waals surface area contributed by atoms with Crippen molar-refractivity contribution in [2.24, 2.45) is 0 Å². The second kappa shape index (κ2) is 10.1. The average molecular weight is 472 g/mol. The summed E-state index contributed by atoms with van der Waals surface area (Å²) < 4.78 is 34.3. The predicted octanol–water partition coefficient (Wildman–Crippen LogP) is 4.42. The molecule has 2 saturated heterocycles. The Morgan fingerprint density at radius 1 is 0.909 bits per heavy atom. The first-order chi connectivity index (χ1) is 15.9. The van der Waals surface area contributed by atoms with Gasteiger partial charge in [-0.2, -0.15) is 4.31 Å². The number of nitrogens with one attached hydrogen (secondary N) is 1. The Morgan fingerprint density at radius 2 is 1.58 bits per heavy atom. The largest absolute Gasteiger partial charge is 0.495 e. The summed E-state index contributed by atoms with van der Waals surface area (Å²) in [7, 11) is -2.15. The standard InChI is InChI=1S/C25H33N3O4S/c1-19-9-12-23(32-2)21(17-19)26-25(29)20-10-11-22(27-13-5-3-6-14-27)24(18-20)33(30,31)28-15-7-4-8-16-28/h9-12,17-18H,3-8,13-16H2,1-2H3,(H,26,29). The quantitative estimate of drug-likeness (QED) is 0.675. The minimum atomic E-state index is -3.70. The molecule has 33 heavy (non-hydrogen) atoms. The van der Waals surface area contributed by atoms with Crippen LogP contribution in [-0.4, -0.2) is 51.9 Å². The van der Waals surface area contributed by atoms with Crippen LogP contribution in [0.25, 0.3) is 0 Å². The van der Waals surface area contributed by atoms with Crippen LogP contribution in [0.4, 0.5) is 11.4 Å². The summed E-state index contributed by atoms with van der Waals surface area (Å²) in [4.78, 5) is 15.5. The van der Waals surface area contributed by atoms with Gasteiger partial charge in [0, 0.05) is 31.7 Å². The lowest BCUT2D eigenvalue weighted by Gasteiger charge is -2.33. The zero-order valence-electron chi connectivity index (χ0n) is 19.5. The number of methoxy groups -OCH3 is 1. The molecule has 2 aliphatic rings. The van der Waals surface area contributed by atoms with Crippen LogP contribution in [0.3, 0.4) is 0 Å². The van der Waals surface area contributed by atoms with Crippen LogP contribution in [0.15, 0.2) is 41.3 Å². The van der Waals surface area contributed by atoms with Gasteiger partial charge in [-0.15, -0.1) is 0 Å². The zero-order valence-corrected chi connectivity index (χ0v) is 20.3. The molecule has 2 aromatic rings. The highest BCUT2D eigenvalue weighted by atomic mass is 32.2. The van der Waals surface area contributed by atoms with Gasteiger partial charge < -0.3 is 15.0 Å². The van der Waals surface area contributed by atoms with Crippen molar-refractivity contribution >= 4 is 27.3 Å². The number of carbonyl (C=O) groups is 1. The highest BCUT2D eigenvalue weighted by Crippen LogP contribution is 2.33. The minimum absolute atomic E-state index is 0.232. The molecule has 0 saturated carbocycles. The van der Waals surface area contributed by atoms with Gasteiger partial charge in [0.15, 0.2) is 0 Å². The maximum absolute atomic E-state index is 13.7. The highest BCUT2D eigenvalue weighted by molar-refractivity contribution is 7.89. The van der Waals surface area contributed by atoms with Gasteiger partial charge in [-0.05, 0) is 74.9 Å². The van der Waals surface area contributed by atoms with E-state index in [1.807, 2.05) is 19.1 Å². The minimum Gasteiger partial charge on any atom is -0.495 e. The first-order valence-electron chi connectivity index (χ1n) is 11.8. The Labute approximate surface area is 196 Å². The molecule has 2 aliphatic heterocycles. The van der Waals surface area contributed by atoms with E-state index >= 15 is 0 Å². The van der Waals surface area contributed by atoms with Gasteiger partial charge in [-0.25, -0.2) is 8.42 Å². The lowest BCUT2D eigenvalue weighted by atomic mass is 10.1. The van der Waals surface area contributed by atoms with Crippen LogP contribution < -0.4 is 15.0 Å². The van der Waals surface area contributed by atoms with Crippen molar-refractivity contribution in [1.82, 2.24) is 4.31 Å². The number of hydrogen-bond acceptors (Lipinski definition) is 5. The number of rotatable bonds is 6. The van der Waals surface area contributed by atoms with Gasteiger partial charge in [0.2, 0.25) is 10.0 Å². The normalized spacial score (nSPS) is 17.6. The Morgan fingerprint density at radius 3 is 2.24 bits per heavy atom. The third-order valence-corrected chi connectivity index (χ3v) is 8.38. The van der Waals surface area contributed by atoms with Gasteiger partial charge in [0.1, 0.15) is 10.6 Å². The van der Waals surface area contributed by atoms with Crippen LogP contribution in [0.5, 0.6) is 5.75 Å². The lowest BCUT2D eigenvalue weighted by Crippen LogP contribution is -2.37. The van der Waals surface area contributed by atoms with E-state index in [0.29, 0.717) is 35.8 Å². The molecule has 178 valence electrons. The van der Waals surface area contributed by atoms with Crippen molar-refractivity contribution < 1.29 is 17.9 Å². The van der Waals surface area contributed by atoms with Crippen molar-refractivity contribution in [1.29, 1.82) is 0 Å². The number of benzene rings is 2. The average Bonchev–Trinajstić information content (AvgIpc) is 2.85. The maximum Gasteiger partial charge on any atom is 0.255 e. The topological polar surface area (TPSA) is 79.0 Å². The van der Waals surface area contributed by atoms with E-state index in [4.69, 9.17) is 4.74 Å². The number of carbonyl (C=O) groups excluding carboxylic acids is 1. The highest BCUT2D eigenvalue weighted by Gasteiger charge is 2.31. The van der Waals surface area contributed by atoms with Crippen molar-refractivity contribution in [2.75, 3.05) is 43.5 Å². The third kappa shape index (κ3) is 5.17. The molecular weight excluding hydrogens is 438 g/mol. The van der Waals surface area contributed by atoms with Crippen molar-refractivity contribution in [2.45, 2.75) is 50.3 Å². The van der Waals surface area contributed by atoms with Gasteiger partial charge in [0.05, 0.1) is 18.5 Å². The summed E-state index contributed by atoms with van der Waals surface area (Å²) >= 11 is 0. The fourth-order valence-electron chi connectivity index (χ4n) is 4.62. The molecule has 1 amide bonds. The molecule has 0 unspecified atom stereocenters. The monoisotopic (exact) mass is 471 g/mol. The number of ether oxygens (including phenoxy) is 1. The molecule has 0 radical (unpaired) electrons. The van der Waals surface area contributed by atoms with E-state index in [0.717, 1.165) is 57.2 Å². The fraction of sp³-hybridized carbons (Fsp3) is 0.480. The molecule has 7 nitrogen and oxygen atoms in total. The molecule has 8 heteroatoms. The van der Waals surface area contributed by atoms with Gasteiger partial charge >= 0.3 is 0 Å². The zero-order chi connectivity index (χ0) is 23.4. The summed E-state index contributed by atoms with van der Waals surface area (Å²) in [5.41, 5.74) is 2.56. The van der Waals surface area contributed by atoms with Crippen LogP contribution in [0.2, 0.25) is 0 Å². The number of piperidine rings is 2. The Bertz CT molecular complexity index is 1100. The van der Waals surface area contributed by atoms with Gasteiger partial charge in [-0.3, -0.25) is 4.79 Å². The molecule has 0 aliphatic carbocycles. The Balaban J connectivity index is 1.70. The Hall–Kier alpha value is -2.58. The summed E-state index contributed by atoms with van der Waals surface area (Å²) in [6.07, 6.45) is 6.02. The van der Waals surface area contributed by atoms with E-state index in [1.165, 1.54) is 0 Å². The van der Waals surface area contributed by atoms with E-state index in [9.17, 15) is 13.2 Å². The molecule has 0 aromatic heterocycles. The number of nitrogens with zero attached hydrogens (tertiary/aromatic N) is 2. The molecular formula is C25H33N3O4S. The molecule has 0 bridgehead atoms. The SMILES string of the molecule is COc1ccc(C)cc1NC(=O)c1ccc(N2CCCCC2)c(S(=O)(=O)N2CCCCC2)c1. The molecule has 2 aromatic carbocycles. The summed E-state index contributed by atoms with van der Waals surface area (Å²) in [6, 6.07) is 10.6. The molecule has 2 fully saturated rings. The van der Waals surface area contributed by atoms with Crippen molar-refractivity contribution in [3.63, 3.8) is 0 Å². The van der Waals surface area contributed by atoms with Crippen LogP contribution in [0.1, 0.15) is 54.4 Å². The second-order valence-corrected chi connectivity index (χ2v) is 10.8. The Kier molecular flexibility index (Phi) is 7.24. The summed E-state index contributed by atoms with van der Waals surface area (Å²) in [5.74, 6) is 0.194. The van der Waals surface area contributed by atoms with Crippen LogP contribution in [0, 0.1) is 6.92 Å².